The third-order valence-electron chi connectivity index (χ3n) is 4.37. The Bertz CT molecular complexity index is 1150. The fourth-order valence-electron chi connectivity index (χ4n) is 3.00. The summed E-state index contributed by atoms with van der Waals surface area (Å²) in [5, 5.41) is 1.97. The number of methoxy groups -OCH3 is 1. The molecule has 142 valence electrons. The van der Waals surface area contributed by atoms with Gasteiger partial charge >= 0.3 is 5.97 Å². The molecule has 7 heteroatoms. The van der Waals surface area contributed by atoms with Crippen molar-refractivity contribution in [2.45, 2.75) is 24.6 Å². The topological polar surface area (TPSA) is 65.2 Å². The lowest BCUT2D eigenvalue weighted by molar-refractivity contribution is 0.0563. The molecule has 0 unspecified atom stereocenters. The molecule has 0 saturated heterocycles. The zero-order chi connectivity index (χ0) is 19.7. The summed E-state index contributed by atoms with van der Waals surface area (Å²) in [6, 6.07) is 11.9. The first-order chi connectivity index (χ1) is 13.6. The van der Waals surface area contributed by atoms with E-state index in [0.717, 1.165) is 20.8 Å². The van der Waals surface area contributed by atoms with Crippen LogP contribution in [0.2, 0.25) is 0 Å². The minimum atomic E-state index is -0.476. The lowest BCUT2D eigenvalue weighted by Crippen LogP contribution is -1.98. The SMILES string of the molecule is COC(=O)c1ccc(CSc2ncnc3sc(C)c(-c4ccc(C)cc4)c23)o1. The van der Waals surface area contributed by atoms with Crippen LogP contribution >= 0.6 is 23.1 Å². The summed E-state index contributed by atoms with van der Waals surface area (Å²) >= 11 is 3.25. The molecule has 1 aromatic carbocycles. The summed E-state index contributed by atoms with van der Waals surface area (Å²) in [6.45, 7) is 4.20. The van der Waals surface area contributed by atoms with Crippen molar-refractivity contribution in [3.8, 4) is 11.1 Å². The maximum absolute atomic E-state index is 11.6. The summed E-state index contributed by atoms with van der Waals surface area (Å²) in [4.78, 5) is 22.7. The minimum Gasteiger partial charge on any atom is -0.463 e. The van der Waals surface area contributed by atoms with Crippen LogP contribution in [0.5, 0.6) is 0 Å². The Morgan fingerprint density at radius 3 is 2.68 bits per heavy atom. The number of nitrogens with zero attached hydrogens (tertiary/aromatic N) is 2. The molecule has 0 fully saturated rings. The maximum atomic E-state index is 11.6. The zero-order valence-corrected chi connectivity index (χ0v) is 17.3. The number of thioether (sulfide) groups is 1. The van der Waals surface area contributed by atoms with Crippen LogP contribution in [-0.2, 0) is 10.5 Å². The van der Waals surface area contributed by atoms with Crippen molar-refractivity contribution >= 4 is 39.3 Å². The van der Waals surface area contributed by atoms with Gasteiger partial charge in [0, 0.05) is 10.4 Å². The van der Waals surface area contributed by atoms with E-state index in [2.05, 4.69) is 52.8 Å². The van der Waals surface area contributed by atoms with Gasteiger partial charge in [-0.1, -0.05) is 41.6 Å². The molecular weight excluding hydrogens is 392 g/mol. The third kappa shape index (κ3) is 3.55. The molecule has 28 heavy (non-hydrogen) atoms. The summed E-state index contributed by atoms with van der Waals surface area (Å²) < 4.78 is 10.3. The minimum absolute atomic E-state index is 0.206. The van der Waals surface area contributed by atoms with E-state index in [4.69, 9.17) is 4.42 Å². The van der Waals surface area contributed by atoms with Crippen molar-refractivity contribution in [2.24, 2.45) is 0 Å². The summed E-state index contributed by atoms with van der Waals surface area (Å²) in [7, 11) is 1.34. The molecule has 0 saturated carbocycles. The van der Waals surface area contributed by atoms with Crippen molar-refractivity contribution in [1.29, 1.82) is 0 Å². The molecule has 0 bridgehead atoms. The molecule has 4 aromatic rings. The van der Waals surface area contributed by atoms with E-state index in [1.807, 2.05) is 0 Å². The van der Waals surface area contributed by atoms with Crippen LogP contribution in [-0.4, -0.2) is 23.0 Å². The summed E-state index contributed by atoms with van der Waals surface area (Å²) in [5.41, 5.74) is 3.57. The summed E-state index contributed by atoms with van der Waals surface area (Å²) in [5.74, 6) is 0.986. The molecule has 0 N–H and O–H groups in total. The van der Waals surface area contributed by atoms with Gasteiger partial charge in [-0.25, -0.2) is 14.8 Å². The van der Waals surface area contributed by atoms with Crippen LogP contribution in [0.4, 0.5) is 0 Å². The third-order valence-corrected chi connectivity index (χ3v) is 6.39. The Kier molecular flexibility index (Phi) is 5.19. The number of aryl methyl sites for hydroxylation is 2. The van der Waals surface area contributed by atoms with E-state index in [1.165, 1.54) is 23.1 Å². The fourth-order valence-corrected chi connectivity index (χ4v) is 4.98. The lowest BCUT2D eigenvalue weighted by atomic mass is 10.0. The lowest BCUT2D eigenvalue weighted by Gasteiger charge is -2.06. The molecule has 3 heterocycles. The number of fused-ring (bicyclic) bond motifs is 1. The Hall–Kier alpha value is -2.64. The summed E-state index contributed by atoms with van der Waals surface area (Å²) in [6.07, 6.45) is 1.60. The van der Waals surface area contributed by atoms with Gasteiger partial charge in [-0.15, -0.1) is 11.3 Å². The van der Waals surface area contributed by atoms with Gasteiger partial charge in [0.2, 0.25) is 5.76 Å². The molecule has 0 radical (unpaired) electrons. The van der Waals surface area contributed by atoms with Gasteiger partial charge in [0.15, 0.2) is 0 Å². The second kappa shape index (κ2) is 7.77. The molecule has 4 rings (SSSR count). The smallest absolute Gasteiger partial charge is 0.373 e. The van der Waals surface area contributed by atoms with E-state index in [1.54, 1.807) is 41.6 Å². The van der Waals surface area contributed by atoms with Gasteiger partial charge in [-0.2, -0.15) is 0 Å². The van der Waals surface area contributed by atoms with Crippen LogP contribution < -0.4 is 0 Å². The largest absolute Gasteiger partial charge is 0.463 e. The van der Waals surface area contributed by atoms with Crippen LogP contribution in [0.1, 0.15) is 26.8 Å². The fraction of sp³-hybridized carbons (Fsp3) is 0.190. The van der Waals surface area contributed by atoms with E-state index < -0.39 is 5.97 Å². The normalized spacial score (nSPS) is 11.1. The van der Waals surface area contributed by atoms with E-state index in [-0.39, 0.29) is 5.76 Å². The monoisotopic (exact) mass is 410 g/mol. The number of ether oxygens (including phenoxy) is 1. The predicted molar refractivity (Wildman–Crippen MR) is 112 cm³/mol. The number of benzene rings is 1. The van der Waals surface area contributed by atoms with Gasteiger partial charge < -0.3 is 9.15 Å². The van der Waals surface area contributed by atoms with Gasteiger partial charge in [0.25, 0.3) is 0 Å². The predicted octanol–water partition coefficient (Wildman–Crippen LogP) is 5.65. The number of rotatable bonds is 5. The van der Waals surface area contributed by atoms with Crippen LogP contribution in [0, 0.1) is 13.8 Å². The van der Waals surface area contributed by atoms with Crippen molar-refractivity contribution in [3.63, 3.8) is 0 Å². The first kappa shape index (κ1) is 18.7. The highest BCUT2D eigenvalue weighted by atomic mass is 32.2. The first-order valence-corrected chi connectivity index (χ1v) is 10.5. The number of furan rings is 1. The molecule has 5 nitrogen and oxygen atoms in total. The number of carbonyl (C=O) groups is 1. The Balaban J connectivity index is 1.68. The molecule has 0 aliphatic carbocycles. The molecule has 0 amide bonds. The van der Waals surface area contributed by atoms with Crippen molar-refractivity contribution in [2.75, 3.05) is 7.11 Å². The Labute approximate surface area is 170 Å². The van der Waals surface area contributed by atoms with E-state index >= 15 is 0 Å². The van der Waals surface area contributed by atoms with Crippen LogP contribution in [0.25, 0.3) is 21.3 Å². The van der Waals surface area contributed by atoms with Crippen LogP contribution in [0.3, 0.4) is 0 Å². The number of carbonyl (C=O) groups excluding carboxylic acids is 1. The highest BCUT2D eigenvalue weighted by Crippen LogP contribution is 2.41. The maximum Gasteiger partial charge on any atom is 0.373 e. The van der Waals surface area contributed by atoms with Gasteiger partial charge in [-0.3, -0.25) is 0 Å². The van der Waals surface area contributed by atoms with Gasteiger partial charge in [-0.05, 0) is 31.5 Å². The average molecular weight is 411 g/mol. The molecule has 0 aliphatic rings. The molecular formula is C21H18N2O3S2. The number of esters is 1. The number of hydrogen-bond donors (Lipinski definition) is 0. The zero-order valence-electron chi connectivity index (χ0n) is 15.7. The molecule has 0 spiro atoms. The van der Waals surface area contributed by atoms with Crippen molar-refractivity contribution in [3.05, 3.63) is 64.7 Å². The highest BCUT2D eigenvalue weighted by Gasteiger charge is 2.18. The van der Waals surface area contributed by atoms with Crippen molar-refractivity contribution in [1.82, 2.24) is 9.97 Å². The molecule has 3 aromatic heterocycles. The second-order valence-corrected chi connectivity index (χ2v) is 8.47. The molecule has 0 aliphatic heterocycles. The van der Waals surface area contributed by atoms with E-state index in [0.29, 0.717) is 11.5 Å². The number of thiophene rings is 1. The standard InChI is InChI=1S/C21H18N2O3S2/c1-12-4-6-14(7-5-12)17-13(2)28-20-18(17)19(22-11-23-20)27-10-15-8-9-16(26-15)21(24)25-3/h4-9,11H,10H2,1-3H3. The Morgan fingerprint density at radius 1 is 1.14 bits per heavy atom. The van der Waals surface area contributed by atoms with Crippen molar-refractivity contribution < 1.29 is 13.9 Å². The van der Waals surface area contributed by atoms with Gasteiger partial charge in [0.05, 0.1) is 18.2 Å². The quantitative estimate of drug-likeness (QED) is 0.241. The van der Waals surface area contributed by atoms with Crippen LogP contribution in [0.15, 0.2) is 52.2 Å². The van der Waals surface area contributed by atoms with Gasteiger partial charge in [0.1, 0.15) is 21.9 Å². The first-order valence-electron chi connectivity index (χ1n) is 8.68. The number of hydrogen-bond acceptors (Lipinski definition) is 7. The highest BCUT2D eigenvalue weighted by molar-refractivity contribution is 7.98. The molecule has 0 atom stereocenters. The van der Waals surface area contributed by atoms with E-state index in [9.17, 15) is 4.79 Å². The number of aromatic nitrogens is 2. The average Bonchev–Trinajstić information content (AvgIpc) is 3.30. The second-order valence-electron chi connectivity index (χ2n) is 6.30. The Morgan fingerprint density at radius 2 is 1.93 bits per heavy atom.